The molecule has 1 aromatic rings. The van der Waals surface area contributed by atoms with Crippen molar-refractivity contribution in [3.63, 3.8) is 0 Å². The number of amides is 2. The Kier molecular flexibility index (Phi) is 9.05. The Morgan fingerprint density at radius 1 is 1.32 bits per heavy atom. The van der Waals surface area contributed by atoms with E-state index in [9.17, 15) is 32.1 Å². The molecule has 1 fully saturated rings. The van der Waals surface area contributed by atoms with Crippen LogP contribution in [0.15, 0.2) is 10.5 Å². The first-order valence-corrected chi connectivity index (χ1v) is 16.7. The zero-order chi connectivity index (χ0) is 28.3. The predicted octanol–water partition coefficient (Wildman–Crippen LogP) is -0.223. The number of esters is 2. The summed E-state index contributed by atoms with van der Waals surface area (Å²) in [6.45, 7) is 9.26. The lowest BCUT2D eigenvalue weighted by Crippen LogP contribution is -2.74. The molecule has 2 heterocycles. The average Bonchev–Trinajstić information content (AvgIpc) is 3.18. The number of nitrogen functional groups attached to an aromatic ring is 1. The fourth-order valence-electron chi connectivity index (χ4n) is 2.84. The van der Waals surface area contributed by atoms with Gasteiger partial charge in [-0.25, -0.2) is 14.6 Å². The van der Waals surface area contributed by atoms with Gasteiger partial charge in [0, 0.05) is 13.5 Å². The molecule has 1 aliphatic rings. The molecule has 0 saturated carbocycles. The summed E-state index contributed by atoms with van der Waals surface area (Å²) in [5, 5.41) is 7.31. The number of β-lactam (4-membered cyclic amide) rings is 1. The molecule has 2 rings (SSSR count). The summed E-state index contributed by atoms with van der Waals surface area (Å²) >= 11 is 0.956. The SMILES string of the molecule is COC(=O)[C@H]1[C@@H](NC(=O)/C(=N/OC(C)(C)C(=O)OCC[Si](C)(C)C)c2csc(N)n2)C(=O)N1S(=O)(=O)O. The highest BCUT2D eigenvalue weighted by atomic mass is 32.2. The minimum Gasteiger partial charge on any atom is -0.467 e. The number of nitrogens with two attached hydrogens (primary N) is 1. The average molecular weight is 580 g/mol. The number of aromatic nitrogens is 1. The van der Waals surface area contributed by atoms with Gasteiger partial charge in [0.1, 0.15) is 11.7 Å². The van der Waals surface area contributed by atoms with Crippen LogP contribution in [0.3, 0.4) is 0 Å². The number of hydrogen-bond donors (Lipinski definition) is 3. The van der Waals surface area contributed by atoms with Gasteiger partial charge in [-0.3, -0.25) is 14.1 Å². The number of rotatable bonds is 11. The van der Waals surface area contributed by atoms with E-state index in [1.165, 1.54) is 19.2 Å². The lowest BCUT2D eigenvalue weighted by Gasteiger charge is -2.41. The Morgan fingerprint density at radius 2 is 1.95 bits per heavy atom. The fraction of sp³-hybridized carbons (Fsp3) is 0.579. The van der Waals surface area contributed by atoms with Gasteiger partial charge in [0.05, 0.1) is 13.7 Å². The number of nitrogens with zero attached hydrogens (tertiary/aromatic N) is 3. The van der Waals surface area contributed by atoms with Crippen molar-refractivity contribution in [3.05, 3.63) is 11.1 Å². The Labute approximate surface area is 218 Å². The summed E-state index contributed by atoms with van der Waals surface area (Å²) in [5.74, 6) is -4.36. The molecular formula is C19H29N5O10S2Si. The van der Waals surface area contributed by atoms with Crippen LogP contribution in [-0.4, -0.2) is 91.2 Å². The van der Waals surface area contributed by atoms with Gasteiger partial charge in [-0.2, -0.15) is 12.7 Å². The molecule has 0 radical (unpaired) electrons. The monoisotopic (exact) mass is 579 g/mol. The van der Waals surface area contributed by atoms with Gasteiger partial charge in [0.2, 0.25) is 5.60 Å². The van der Waals surface area contributed by atoms with E-state index in [1.807, 2.05) is 0 Å². The first kappa shape index (κ1) is 30.1. The largest absolute Gasteiger partial charge is 0.467 e. The highest BCUT2D eigenvalue weighted by Gasteiger charge is 2.58. The van der Waals surface area contributed by atoms with Crippen molar-refractivity contribution in [2.24, 2.45) is 5.16 Å². The van der Waals surface area contributed by atoms with Crippen molar-refractivity contribution >= 4 is 64.3 Å². The van der Waals surface area contributed by atoms with Crippen molar-refractivity contribution in [2.75, 3.05) is 19.5 Å². The zero-order valence-corrected chi connectivity index (χ0v) is 23.6. The maximum Gasteiger partial charge on any atom is 0.363 e. The van der Waals surface area contributed by atoms with Crippen LogP contribution in [0.5, 0.6) is 0 Å². The maximum atomic E-state index is 13.0. The van der Waals surface area contributed by atoms with Gasteiger partial charge >= 0.3 is 22.2 Å². The van der Waals surface area contributed by atoms with Crippen LogP contribution in [-0.2, 0) is 43.8 Å². The molecule has 1 saturated heterocycles. The minimum absolute atomic E-state index is 0.0604. The van der Waals surface area contributed by atoms with Crippen molar-refractivity contribution < 1.29 is 46.5 Å². The Morgan fingerprint density at radius 3 is 2.43 bits per heavy atom. The van der Waals surface area contributed by atoms with Crippen LogP contribution in [0.25, 0.3) is 0 Å². The number of hydrogen-bond acceptors (Lipinski definition) is 13. The first-order chi connectivity index (χ1) is 16.9. The van der Waals surface area contributed by atoms with Crippen LogP contribution in [0.4, 0.5) is 5.13 Å². The highest BCUT2D eigenvalue weighted by Crippen LogP contribution is 2.25. The van der Waals surface area contributed by atoms with Crippen LogP contribution in [0.1, 0.15) is 19.5 Å². The molecule has 18 heteroatoms. The Balaban J connectivity index is 2.27. The molecule has 206 valence electrons. The first-order valence-electron chi connectivity index (χ1n) is 10.7. The standard InChI is InChI=1S/C19H29N5O10S2Si/c1-19(2,17(28)33-7-8-37(4,5)6)34-23-11(10-9-35-18(20)21-10)14(25)22-12-13(16(27)32-3)24(15(12)26)36(29,30)31/h9,12-13H,7-8H2,1-6H3,(H2,20,21)(H,22,25)(H,29,30,31)/b23-11+/t12-,13-/m1/s1. The molecule has 0 unspecified atom stereocenters. The van der Waals surface area contributed by atoms with E-state index in [4.69, 9.17) is 15.3 Å². The van der Waals surface area contributed by atoms with Crippen LogP contribution < -0.4 is 11.1 Å². The molecule has 37 heavy (non-hydrogen) atoms. The number of thiazole rings is 1. The maximum absolute atomic E-state index is 13.0. The summed E-state index contributed by atoms with van der Waals surface area (Å²) < 4.78 is 41.8. The van der Waals surface area contributed by atoms with E-state index in [0.29, 0.717) is 0 Å². The third-order valence-corrected chi connectivity index (χ3v) is 8.23. The topological polar surface area (TPSA) is 217 Å². The summed E-state index contributed by atoms with van der Waals surface area (Å²) in [6.07, 6.45) is 0. The van der Waals surface area contributed by atoms with Crippen LogP contribution >= 0.6 is 11.3 Å². The van der Waals surface area contributed by atoms with Crippen molar-refractivity contribution in [2.45, 2.75) is 57.2 Å². The fourth-order valence-corrected chi connectivity index (χ4v) is 4.94. The van der Waals surface area contributed by atoms with Crippen molar-refractivity contribution in [3.8, 4) is 0 Å². The molecule has 0 bridgehead atoms. The van der Waals surface area contributed by atoms with Gasteiger partial charge in [-0.15, -0.1) is 11.3 Å². The predicted molar refractivity (Wildman–Crippen MR) is 133 cm³/mol. The number of methoxy groups -OCH3 is 1. The third kappa shape index (κ3) is 7.46. The van der Waals surface area contributed by atoms with Crippen molar-refractivity contribution in [1.29, 1.82) is 0 Å². The quantitative estimate of drug-likeness (QED) is 0.0774. The second-order valence-corrected chi connectivity index (χ2v) is 17.4. The van der Waals surface area contributed by atoms with Gasteiger partial charge in [-0.1, -0.05) is 24.8 Å². The van der Waals surface area contributed by atoms with E-state index < -0.39 is 65.5 Å². The lowest BCUT2D eigenvalue weighted by atomic mass is 9.98. The zero-order valence-electron chi connectivity index (χ0n) is 21.0. The number of carbonyl (C=O) groups is 4. The van der Waals surface area contributed by atoms with Crippen LogP contribution in [0.2, 0.25) is 25.7 Å². The van der Waals surface area contributed by atoms with Crippen LogP contribution in [0, 0.1) is 0 Å². The number of carbonyl (C=O) groups excluding carboxylic acids is 4. The number of anilines is 1. The van der Waals surface area contributed by atoms with Crippen molar-refractivity contribution in [1.82, 2.24) is 14.6 Å². The molecule has 15 nitrogen and oxygen atoms in total. The molecule has 0 aromatic carbocycles. The van der Waals surface area contributed by atoms with E-state index in [0.717, 1.165) is 24.5 Å². The minimum atomic E-state index is -5.11. The summed E-state index contributed by atoms with van der Waals surface area (Å²) in [6, 6.07) is -2.86. The number of ether oxygens (including phenoxy) is 2. The van der Waals surface area contributed by atoms with E-state index in [1.54, 1.807) is 0 Å². The van der Waals surface area contributed by atoms with Gasteiger partial charge < -0.3 is 25.4 Å². The third-order valence-electron chi connectivity index (χ3n) is 4.95. The number of oxime groups is 1. The van der Waals surface area contributed by atoms with Gasteiger partial charge in [0.15, 0.2) is 16.9 Å². The normalized spacial score (nSPS) is 18.6. The molecule has 0 spiro atoms. The molecule has 1 aromatic heterocycles. The Hall–Kier alpha value is -3.09. The summed E-state index contributed by atoms with van der Waals surface area (Å²) in [4.78, 5) is 59.2. The summed E-state index contributed by atoms with van der Waals surface area (Å²) in [7, 11) is -5.65. The van der Waals surface area contributed by atoms with E-state index in [2.05, 4.69) is 39.8 Å². The molecule has 2 amide bonds. The molecular weight excluding hydrogens is 550 g/mol. The van der Waals surface area contributed by atoms with E-state index >= 15 is 0 Å². The molecule has 4 N–H and O–H groups in total. The molecule has 0 aliphatic carbocycles. The smallest absolute Gasteiger partial charge is 0.363 e. The van der Waals surface area contributed by atoms with E-state index in [-0.39, 0.29) is 21.7 Å². The second-order valence-electron chi connectivity index (χ2n) is 9.59. The van der Waals surface area contributed by atoms with Gasteiger partial charge in [-0.05, 0) is 19.9 Å². The highest BCUT2D eigenvalue weighted by molar-refractivity contribution is 7.84. The number of nitrogens with one attached hydrogen (secondary N) is 1. The Bertz CT molecular complexity index is 1210. The molecule has 1 aliphatic heterocycles. The molecule has 2 atom stereocenters. The summed E-state index contributed by atoms with van der Waals surface area (Å²) in [5.41, 5.74) is 3.39. The second kappa shape index (κ2) is 11.1. The lowest BCUT2D eigenvalue weighted by molar-refractivity contribution is -0.167. The van der Waals surface area contributed by atoms with Gasteiger partial charge in [0.25, 0.3) is 11.8 Å².